The number of aliphatic hydroxyl groups excluding tert-OH is 1. The molecular weight excluding hydrogens is 192 g/mol. The van der Waals surface area contributed by atoms with Gasteiger partial charge in [-0.15, -0.1) is 0 Å². The van der Waals surface area contributed by atoms with E-state index in [0.29, 0.717) is 19.4 Å². The van der Waals surface area contributed by atoms with Crippen molar-refractivity contribution in [2.75, 3.05) is 13.2 Å². The summed E-state index contributed by atoms with van der Waals surface area (Å²) in [6.07, 6.45) is 1.80. The lowest BCUT2D eigenvalue weighted by Crippen LogP contribution is -2.34. The van der Waals surface area contributed by atoms with Crippen LogP contribution in [0.5, 0.6) is 0 Å². The van der Waals surface area contributed by atoms with Gasteiger partial charge in [-0.3, -0.25) is 4.79 Å². The van der Waals surface area contributed by atoms with Gasteiger partial charge in [-0.25, -0.2) is 0 Å². The number of aliphatic hydroxyl groups is 1. The first-order valence-corrected chi connectivity index (χ1v) is 5.48. The van der Waals surface area contributed by atoms with Crippen LogP contribution < -0.4 is 11.1 Å². The van der Waals surface area contributed by atoms with Gasteiger partial charge >= 0.3 is 0 Å². The largest absolute Gasteiger partial charge is 0.396 e. The Morgan fingerprint density at radius 2 is 2.07 bits per heavy atom. The van der Waals surface area contributed by atoms with Crippen LogP contribution in [0.15, 0.2) is 0 Å². The second-order valence-electron chi connectivity index (χ2n) is 5.16. The lowest BCUT2D eigenvalue weighted by molar-refractivity contribution is -0.121. The number of hydrogen-bond donors (Lipinski definition) is 3. The zero-order chi connectivity index (χ0) is 11.9. The van der Waals surface area contributed by atoms with E-state index in [1.165, 1.54) is 0 Å². The van der Waals surface area contributed by atoms with Gasteiger partial charge in [-0.05, 0) is 18.3 Å². The third-order valence-corrected chi connectivity index (χ3v) is 1.98. The molecule has 0 aliphatic heterocycles. The molecule has 0 bridgehead atoms. The maximum Gasteiger partial charge on any atom is 0.221 e. The molecule has 4 N–H and O–H groups in total. The number of carbonyl (C=O) groups is 1. The molecule has 0 aliphatic rings. The van der Waals surface area contributed by atoms with Gasteiger partial charge in [0.05, 0.1) is 0 Å². The van der Waals surface area contributed by atoms with Gasteiger partial charge in [0, 0.05) is 25.6 Å². The van der Waals surface area contributed by atoms with Gasteiger partial charge in [0.25, 0.3) is 0 Å². The first kappa shape index (κ1) is 14.4. The van der Waals surface area contributed by atoms with Crippen LogP contribution in [0.2, 0.25) is 0 Å². The average molecular weight is 216 g/mol. The molecule has 0 rings (SSSR count). The van der Waals surface area contributed by atoms with Crippen LogP contribution in [0.25, 0.3) is 0 Å². The lowest BCUT2D eigenvalue weighted by Gasteiger charge is -2.22. The smallest absolute Gasteiger partial charge is 0.221 e. The summed E-state index contributed by atoms with van der Waals surface area (Å²) in [6.45, 7) is 6.95. The molecule has 15 heavy (non-hydrogen) atoms. The van der Waals surface area contributed by atoms with Crippen LogP contribution in [0.1, 0.15) is 40.0 Å². The third kappa shape index (κ3) is 9.69. The lowest BCUT2D eigenvalue weighted by atomic mass is 9.87. The predicted octanol–water partition coefficient (Wildman–Crippen LogP) is 0.639. The van der Waals surface area contributed by atoms with E-state index in [4.69, 9.17) is 10.8 Å². The zero-order valence-electron chi connectivity index (χ0n) is 10.0. The minimum absolute atomic E-state index is 0.0276. The molecule has 0 aromatic carbocycles. The highest BCUT2D eigenvalue weighted by atomic mass is 16.3. The normalized spacial score (nSPS) is 13.7. The minimum Gasteiger partial charge on any atom is -0.396 e. The van der Waals surface area contributed by atoms with E-state index < -0.39 is 0 Å². The van der Waals surface area contributed by atoms with Gasteiger partial charge in [0.1, 0.15) is 0 Å². The van der Waals surface area contributed by atoms with Crippen LogP contribution in [-0.4, -0.2) is 30.2 Å². The highest BCUT2D eigenvalue weighted by Crippen LogP contribution is 2.20. The molecular formula is C11H24N2O2. The summed E-state index contributed by atoms with van der Waals surface area (Å²) in [5, 5.41) is 11.3. The number of rotatable bonds is 6. The quantitative estimate of drug-likeness (QED) is 0.570. The van der Waals surface area contributed by atoms with E-state index in [9.17, 15) is 4.79 Å². The summed E-state index contributed by atoms with van der Waals surface area (Å²) in [7, 11) is 0. The molecule has 0 saturated heterocycles. The molecule has 4 heteroatoms. The fraction of sp³-hybridized carbons (Fsp3) is 0.909. The Hall–Kier alpha value is -0.610. The Morgan fingerprint density at radius 3 is 2.53 bits per heavy atom. The summed E-state index contributed by atoms with van der Waals surface area (Å²) < 4.78 is 0. The van der Waals surface area contributed by atoms with Crippen molar-refractivity contribution in [2.24, 2.45) is 11.1 Å². The summed E-state index contributed by atoms with van der Waals surface area (Å²) in [5.41, 5.74) is 6.01. The van der Waals surface area contributed by atoms with Crippen LogP contribution in [0, 0.1) is 5.41 Å². The van der Waals surface area contributed by atoms with Crippen molar-refractivity contribution in [3.05, 3.63) is 0 Å². The van der Waals surface area contributed by atoms with E-state index >= 15 is 0 Å². The molecule has 4 nitrogen and oxygen atoms in total. The van der Waals surface area contributed by atoms with Gasteiger partial charge < -0.3 is 16.2 Å². The topological polar surface area (TPSA) is 75.4 Å². The number of hydrogen-bond acceptors (Lipinski definition) is 3. The molecule has 0 spiro atoms. The van der Waals surface area contributed by atoms with Crippen molar-refractivity contribution in [1.29, 1.82) is 0 Å². The number of amides is 1. The molecule has 0 heterocycles. The molecule has 0 aromatic heterocycles. The SMILES string of the molecule is CC(C)(C)CC(N)CC(=O)NCCCO. The fourth-order valence-corrected chi connectivity index (χ4v) is 1.48. The van der Waals surface area contributed by atoms with Crippen LogP contribution >= 0.6 is 0 Å². The van der Waals surface area contributed by atoms with E-state index in [0.717, 1.165) is 6.42 Å². The Kier molecular flexibility index (Phi) is 6.52. The van der Waals surface area contributed by atoms with Crippen molar-refractivity contribution in [3.8, 4) is 0 Å². The highest BCUT2D eigenvalue weighted by Gasteiger charge is 2.17. The Morgan fingerprint density at radius 1 is 1.47 bits per heavy atom. The highest BCUT2D eigenvalue weighted by molar-refractivity contribution is 5.76. The summed E-state index contributed by atoms with van der Waals surface area (Å²) >= 11 is 0. The molecule has 0 aromatic rings. The standard InChI is InChI=1S/C11H24N2O2/c1-11(2,3)8-9(12)7-10(15)13-5-4-6-14/h9,14H,4-8,12H2,1-3H3,(H,13,15). The fourth-order valence-electron chi connectivity index (χ4n) is 1.48. The summed E-state index contributed by atoms with van der Waals surface area (Å²) in [5.74, 6) is -0.0276. The predicted molar refractivity (Wildman–Crippen MR) is 61.4 cm³/mol. The van der Waals surface area contributed by atoms with Gasteiger partial charge in [0.2, 0.25) is 5.91 Å². The molecule has 1 atom stereocenters. The van der Waals surface area contributed by atoms with Crippen molar-refractivity contribution >= 4 is 5.91 Å². The van der Waals surface area contributed by atoms with Crippen LogP contribution in [-0.2, 0) is 4.79 Å². The van der Waals surface area contributed by atoms with Gasteiger partial charge in [-0.1, -0.05) is 20.8 Å². The second-order valence-corrected chi connectivity index (χ2v) is 5.16. The number of nitrogens with two attached hydrogens (primary N) is 1. The number of carbonyl (C=O) groups excluding carboxylic acids is 1. The summed E-state index contributed by atoms with van der Waals surface area (Å²) in [6, 6.07) is -0.0841. The molecule has 90 valence electrons. The maximum absolute atomic E-state index is 11.3. The molecule has 1 amide bonds. The number of nitrogens with one attached hydrogen (secondary N) is 1. The molecule has 0 radical (unpaired) electrons. The van der Waals surface area contributed by atoms with Gasteiger partial charge in [-0.2, -0.15) is 0 Å². The van der Waals surface area contributed by atoms with Crippen LogP contribution in [0.3, 0.4) is 0 Å². The Labute approximate surface area is 92.2 Å². The Bertz CT molecular complexity index is 188. The maximum atomic E-state index is 11.3. The van der Waals surface area contributed by atoms with Crippen molar-refractivity contribution < 1.29 is 9.90 Å². The van der Waals surface area contributed by atoms with Gasteiger partial charge in [0.15, 0.2) is 0 Å². The summed E-state index contributed by atoms with van der Waals surface area (Å²) in [4.78, 5) is 11.3. The van der Waals surface area contributed by atoms with Crippen LogP contribution in [0.4, 0.5) is 0 Å². The average Bonchev–Trinajstić information content (AvgIpc) is 2.00. The first-order valence-electron chi connectivity index (χ1n) is 5.48. The Balaban J connectivity index is 3.67. The monoisotopic (exact) mass is 216 g/mol. The molecule has 0 aliphatic carbocycles. The van der Waals surface area contributed by atoms with Crippen molar-refractivity contribution in [3.63, 3.8) is 0 Å². The second kappa shape index (κ2) is 6.80. The van der Waals surface area contributed by atoms with E-state index in [2.05, 4.69) is 26.1 Å². The zero-order valence-corrected chi connectivity index (χ0v) is 10.0. The first-order chi connectivity index (χ1) is 6.85. The van der Waals surface area contributed by atoms with E-state index in [1.807, 2.05) is 0 Å². The molecule has 0 fully saturated rings. The third-order valence-electron chi connectivity index (χ3n) is 1.98. The molecule has 1 unspecified atom stereocenters. The molecule has 0 saturated carbocycles. The van der Waals surface area contributed by atoms with Crippen molar-refractivity contribution in [1.82, 2.24) is 5.32 Å². The van der Waals surface area contributed by atoms with Crippen molar-refractivity contribution in [2.45, 2.75) is 46.1 Å². The minimum atomic E-state index is -0.0841. The van der Waals surface area contributed by atoms with E-state index in [-0.39, 0.29) is 24.0 Å². The van der Waals surface area contributed by atoms with E-state index in [1.54, 1.807) is 0 Å².